The van der Waals surface area contributed by atoms with E-state index >= 15 is 0 Å². The van der Waals surface area contributed by atoms with Crippen LogP contribution in [0.25, 0.3) is 10.6 Å². The Balaban J connectivity index is 1.57. The van der Waals surface area contributed by atoms with Crippen LogP contribution >= 0.6 is 22.7 Å². The molecule has 0 saturated heterocycles. The Morgan fingerprint density at radius 2 is 2.04 bits per heavy atom. The number of amides is 1. The molecule has 0 unspecified atom stereocenters. The van der Waals surface area contributed by atoms with E-state index in [1.807, 2.05) is 17.7 Å². The molecule has 0 atom stereocenters. The van der Waals surface area contributed by atoms with Crippen molar-refractivity contribution in [3.63, 3.8) is 0 Å². The summed E-state index contributed by atoms with van der Waals surface area (Å²) in [6.07, 6.45) is 1.64. The molecule has 2 heterocycles. The number of hydrogen-bond acceptors (Lipinski definition) is 6. The van der Waals surface area contributed by atoms with Gasteiger partial charge in [0.2, 0.25) is 5.91 Å². The Hall–Kier alpha value is -2.45. The first-order valence-electron chi connectivity index (χ1n) is 7.04. The second-order valence-corrected chi connectivity index (χ2v) is 6.83. The van der Waals surface area contributed by atoms with Gasteiger partial charge in [0.1, 0.15) is 10.8 Å². The number of aryl methyl sites for hydroxylation is 1. The fourth-order valence-electron chi connectivity index (χ4n) is 1.93. The molecule has 0 fully saturated rings. The number of carbonyl (C=O) groups is 1. The smallest absolute Gasteiger partial charge is 0.246 e. The van der Waals surface area contributed by atoms with E-state index in [2.05, 4.69) is 20.5 Å². The lowest BCUT2D eigenvalue weighted by Crippen LogP contribution is -2.19. The highest BCUT2D eigenvalue weighted by molar-refractivity contribution is 7.13. The van der Waals surface area contributed by atoms with Gasteiger partial charge < -0.3 is 0 Å². The minimum atomic E-state index is -0.289. The molecule has 122 valence electrons. The Labute approximate surface area is 145 Å². The van der Waals surface area contributed by atoms with E-state index in [1.54, 1.807) is 12.1 Å². The number of benzene rings is 1. The maximum absolute atomic E-state index is 12.9. The molecule has 2 aromatic heterocycles. The monoisotopic (exact) mass is 360 g/mol. The van der Waals surface area contributed by atoms with Crippen molar-refractivity contribution in [2.45, 2.75) is 13.3 Å². The van der Waals surface area contributed by atoms with Crippen LogP contribution in [0, 0.1) is 12.7 Å². The highest BCUT2D eigenvalue weighted by atomic mass is 32.1. The van der Waals surface area contributed by atoms with Gasteiger partial charge in [0.25, 0.3) is 0 Å². The maximum atomic E-state index is 12.9. The quantitative estimate of drug-likeness (QED) is 0.560. The summed E-state index contributed by atoms with van der Waals surface area (Å²) in [7, 11) is 0. The number of aromatic nitrogens is 2. The van der Waals surface area contributed by atoms with E-state index < -0.39 is 0 Å². The van der Waals surface area contributed by atoms with Crippen LogP contribution in [-0.2, 0) is 11.2 Å². The zero-order valence-electron chi connectivity index (χ0n) is 12.7. The largest absolute Gasteiger partial charge is 0.273 e. The summed E-state index contributed by atoms with van der Waals surface area (Å²) in [6.45, 7) is 1.90. The first-order valence-corrected chi connectivity index (χ1v) is 8.80. The van der Waals surface area contributed by atoms with E-state index in [9.17, 15) is 9.18 Å². The lowest BCUT2D eigenvalue weighted by atomic mass is 10.2. The van der Waals surface area contributed by atoms with Crippen LogP contribution in [0.2, 0.25) is 0 Å². The molecule has 8 heteroatoms. The van der Waals surface area contributed by atoms with Crippen LogP contribution < -0.4 is 5.43 Å². The molecule has 5 nitrogen and oxygen atoms in total. The van der Waals surface area contributed by atoms with Crippen molar-refractivity contribution in [3.05, 3.63) is 57.2 Å². The molecule has 0 saturated carbocycles. The molecule has 1 N–H and O–H groups in total. The molecule has 0 radical (unpaired) electrons. The number of nitrogens with zero attached hydrogens (tertiary/aromatic N) is 3. The minimum Gasteiger partial charge on any atom is -0.273 e. The van der Waals surface area contributed by atoms with Crippen LogP contribution in [0.4, 0.5) is 4.39 Å². The molecule has 0 bridgehead atoms. The van der Waals surface area contributed by atoms with Gasteiger partial charge in [0.05, 0.1) is 29.0 Å². The third-order valence-electron chi connectivity index (χ3n) is 3.01. The normalized spacial score (nSPS) is 11.1. The van der Waals surface area contributed by atoms with E-state index in [1.165, 1.54) is 41.0 Å². The molecule has 24 heavy (non-hydrogen) atoms. The van der Waals surface area contributed by atoms with Gasteiger partial charge in [-0.05, 0) is 31.2 Å². The van der Waals surface area contributed by atoms with Gasteiger partial charge in [-0.15, -0.1) is 22.7 Å². The maximum Gasteiger partial charge on any atom is 0.246 e. The number of nitrogens with one attached hydrogen (secondary N) is 1. The number of thiazole rings is 2. The topological polar surface area (TPSA) is 67.2 Å². The van der Waals surface area contributed by atoms with Gasteiger partial charge in [-0.25, -0.2) is 19.8 Å². The molecular formula is C16H13FN4OS2. The van der Waals surface area contributed by atoms with E-state index in [0.29, 0.717) is 11.4 Å². The molecule has 0 aliphatic carbocycles. The van der Waals surface area contributed by atoms with Crippen molar-refractivity contribution in [3.8, 4) is 10.6 Å². The Morgan fingerprint density at radius 3 is 2.75 bits per heavy atom. The minimum absolute atomic E-state index is 0.130. The van der Waals surface area contributed by atoms with Gasteiger partial charge in [0, 0.05) is 16.3 Å². The standard InChI is InChI=1S/C16H13FN4OS2/c1-10-19-14(9-23-10)7-18-21-15(22)6-13-8-24-16(20-13)11-2-4-12(17)5-3-11/h2-5,7-9H,6H2,1H3,(H,21,22)/b18-7-. The number of rotatable bonds is 5. The Bertz CT molecular complexity index is 870. The van der Waals surface area contributed by atoms with Gasteiger partial charge in [-0.3, -0.25) is 4.79 Å². The third-order valence-corrected chi connectivity index (χ3v) is 4.74. The van der Waals surface area contributed by atoms with Gasteiger partial charge in [-0.1, -0.05) is 0 Å². The molecule has 0 aliphatic heterocycles. The second kappa shape index (κ2) is 7.41. The van der Waals surface area contributed by atoms with Crippen molar-refractivity contribution in [2.24, 2.45) is 5.10 Å². The average Bonchev–Trinajstić information content (AvgIpc) is 3.17. The van der Waals surface area contributed by atoms with Crippen LogP contribution in [-0.4, -0.2) is 22.1 Å². The average molecular weight is 360 g/mol. The van der Waals surface area contributed by atoms with E-state index in [-0.39, 0.29) is 18.1 Å². The summed E-state index contributed by atoms with van der Waals surface area (Å²) in [6, 6.07) is 6.10. The number of halogens is 1. The molecule has 0 aliphatic rings. The lowest BCUT2D eigenvalue weighted by molar-refractivity contribution is -0.120. The van der Waals surface area contributed by atoms with Crippen LogP contribution in [0.1, 0.15) is 16.4 Å². The Morgan fingerprint density at radius 1 is 1.25 bits per heavy atom. The highest BCUT2D eigenvalue weighted by Crippen LogP contribution is 2.24. The van der Waals surface area contributed by atoms with Crippen LogP contribution in [0.3, 0.4) is 0 Å². The van der Waals surface area contributed by atoms with Crippen molar-refractivity contribution in [1.29, 1.82) is 0 Å². The zero-order valence-corrected chi connectivity index (χ0v) is 14.3. The number of hydrazone groups is 1. The number of hydrogen-bond donors (Lipinski definition) is 1. The fourth-order valence-corrected chi connectivity index (χ4v) is 3.32. The van der Waals surface area contributed by atoms with Crippen LogP contribution in [0.15, 0.2) is 40.1 Å². The summed E-state index contributed by atoms with van der Waals surface area (Å²) >= 11 is 2.93. The van der Waals surface area contributed by atoms with Gasteiger partial charge >= 0.3 is 0 Å². The second-order valence-electron chi connectivity index (χ2n) is 4.91. The van der Waals surface area contributed by atoms with Crippen molar-refractivity contribution in [2.75, 3.05) is 0 Å². The van der Waals surface area contributed by atoms with Crippen molar-refractivity contribution >= 4 is 34.8 Å². The highest BCUT2D eigenvalue weighted by Gasteiger charge is 2.08. The van der Waals surface area contributed by atoms with Gasteiger partial charge in [0.15, 0.2) is 0 Å². The molecule has 0 spiro atoms. The summed E-state index contributed by atoms with van der Waals surface area (Å²) < 4.78 is 12.9. The summed E-state index contributed by atoms with van der Waals surface area (Å²) in [5, 5.41) is 9.24. The van der Waals surface area contributed by atoms with Crippen LogP contribution in [0.5, 0.6) is 0 Å². The fraction of sp³-hybridized carbons (Fsp3) is 0.125. The molecule has 3 rings (SSSR count). The SMILES string of the molecule is Cc1nc(/C=N\NC(=O)Cc2csc(-c3ccc(F)cc3)n2)cs1. The molecule has 3 aromatic rings. The zero-order chi connectivity index (χ0) is 16.9. The first-order chi connectivity index (χ1) is 11.6. The van der Waals surface area contributed by atoms with Crippen molar-refractivity contribution < 1.29 is 9.18 Å². The predicted molar refractivity (Wildman–Crippen MR) is 93.8 cm³/mol. The Kier molecular flexibility index (Phi) is 5.07. The molecule has 1 amide bonds. The van der Waals surface area contributed by atoms with E-state index in [0.717, 1.165) is 15.6 Å². The van der Waals surface area contributed by atoms with Crippen molar-refractivity contribution in [1.82, 2.24) is 15.4 Å². The number of carbonyl (C=O) groups excluding carboxylic acids is 1. The summed E-state index contributed by atoms with van der Waals surface area (Å²) in [5.74, 6) is -0.544. The predicted octanol–water partition coefficient (Wildman–Crippen LogP) is 3.41. The van der Waals surface area contributed by atoms with Gasteiger partial charge in [-0.2, -0.15) is 5.10 Å². The molecule has 1 aromatic carbocycles. The first kappa shape index (κ1) is 16.4. The molecular weight excluding hydrogens is 347 g/mol. The summed E-state index contributed by atoms with van der Waals surface area (Å²) in [4.78, 5) is 20.5. The lowest BCUT2D eigenvalue weighted by Gasteiger charge is -1.97. The van der Waals surface area contributed by atoms with E-state index in [4.69, 9.17) is 0 Å². The summed E-state index contributed by atoms with van der Waals surface area (Å²) in [5.41, 5.74) is 4.64. The third kappa shape index (κ3) is 4.30.